The maximum atomic E-state index is 13.4. The zero-order valence-corrected chi connectivity index (χ0v) is 10.1. The van der Waals surface area contributed by atoms with Crippen LogP contribution in [0, 0.1) is 5.82 Å². The molecule has 0 aliphatic heterocycles. The molecule has 0 atom stereocenters. The lowest BCUT2D eigenvalue weighted by Gasteiger charge is -2.05. The first kappa shape index (κ1) is 9.89. The van der Waals surface area contributed by atoms with Gasteiger partial charge in [-0.2, -0.15) is 0 Å². The molecule has 18 heavy (non-hydrogen) atoms. The Morgan fingerprint density at radius 1 is 1.11 bits per heavy atom. The molecular formula is C16H12FN. The van der Waals surface area contributed by atoms with Gasteiger partial charge < -0.3 is 4.57 Å². The second-order valence-corrected chi connectivity index (χ2v) is 4.88. The Hall–Kier alpha value is -2.09. The minimum Gasteiger partial charge on any atom is -0.343 e. The summed E-state index contributed by atoms with van der Waals surface area (Å²) in [6.45, 7) is 0. The van der Waals surface area contributed by atoms with Crippen LogP contribution in [0.3, 0.4) is 0 Å². The van der Waals surface area contributed by atoms with E-state index in [1.54, 1.807) is 12.1 Å². The van der Waals surface area contributed by atoms with E-state index in [-0.39, 0.29) is 5.82 Å². The fourth-order valence-electron chi connectivity index (χ4n) is 3.11. The minimum atomic E-state index is -0.160. The maximum absolute atomic E-state index is 13.4. The van der Waals surface area contributed by atoms with Crippen LogP contribution >= 0.6 is 0 Å². The van der Waals surface area contributed by atoms with E-state index in [4.69, 9.17) is 0 Å². The Labute approximate surface area is 104 Å². The molecule has 88 valence electrons. The molecule has 1 aromatic heterocycles. The molecule has 0 N–H and O–H groups in total. The molecule has 0 saturated heterocycles. The standard InChI is InChI=1S/C16H12FN/c1-18-15-5-3-2-4-12(15)14-8-10-6-7-11(17)9-13(10)16(14)18/h2-7,9H,8H2,1H3. The van der Waals surface area contributed by atoms with E-state index < -0.39 is 0 Å². The van der Waals surface area contributed by atoms with Crippen LogP contribution in [0.15, 0.2) is 42.5 Å². The molecule has 3 aromatic rings. The summed E-state index contributed by atoms with van der Waals surface area (Å²) in [6.07, 6.45) is 0.909. The maximum Gasteiger partial charge on any atom is 0.123 e. The fraction of sp³-hybridized carbons (Fsp3) is 0.125. The van der Waals surface area contributed by atoms with E-state index in [2.05, 4.69) is 29.8 Å². The van der Waals surface area contributed by atoms with Crippen LogP contribution in [0.5, 0.6) is 0 Å². The summed E-state index contributed by atoms with van der Waals surface area (Å²) in [5, 5.41) is 1.28. The highest BCUT2D eigenvalue weighted by molar-refractivity contribution is 5.95. The summed E-state index contributed by atoms with van der Waals surface area (Å²) in [5.41, 5.74) is 5.99. The predicted octanol–water partition coefficient (Wildman–Crippen LogP) is 3.89. The lowest BCUT2D eigenvalue weighted by molar-refractivity contribution is 0.628. The number of hydrogen-bond acceptors (Lipinski definition) is 0. The summed E-state index contributed by atoms with van der Waals surface area (Å²) in [5.74, 6) is -0.160. The van der Waals surface area contributed by atoms with E-state index in [1.807, 2.05) is 12.1 Å². The van der Waals surface area contributed by atoms with E-state index in [0.29, 0.717) is 0 Å². The molecule has 1 aliphatic rings. The van der Waals surface area contributed by atoms with Gasteiger partial charge in [0.05, 0.1) is 5.69 Å². The van der Waals surface area contributed by atoms with Crippen molar-refractivity contribution in [2.45, 2.75) is 6.42 Å². The summed E-state index contributed by atoms with van der Waals surface area (Å²) < 4.78 is 15.6. The molecular weight excluding hydrogens is 225 g/mol. The lowest BCUT2D eigenvalue weighted by atomic mass is 10.1. The van der Waals surface area contributed by atoms with Crippen molar-refractivity contribution in [2.75, 3.05) is 0 Å². The van der Waals surface area contributed by atoms with Gasteiger partial charge in [0.25, 0.3) is 0 Å². The molecule has 4 rings (SSSR count). The number of para-hydroxylation sites is 1. The number of aromatic nitrogens is 1. The Balaban J connectivity index is 2.14. The fourth-order valence-corrected chi connectivity index (χ4v) is 3.11. The number of benzene rings is 2. The van der Waals surface area contributed by atoms with Crippen molar-refractivity contribution in [2.24, 2.45) is 7.05 Å². The SMILES string of the molecule is Cn1c2c(c3ccccc31)Cc1ccc(F)cc1-2. The van der Waals surface area contributed by atoms with Crippen LogP contribution in [-0.2, 0) is 13.5 Å². The molecule has 1 aliphatic carbocycles. The highest BCUT2D eigenvalue weighted by Crippen LogP contribution is 2.42. The first-order valence-corrected chi connectivity index (χ1v) is 6.11. The largest absolute Gasteiger partial charge is 0.343 e. The number of rotatable bonds is 0. The Morgan fingerprint density at radius 2 is 1.94 bits per heavy atom. The van der Waals surface area contributed by atoms with Gasteiger partial charge in [-0.1, -0.05) is 24.3 Å². The molecule has 0 saturated carbocycles. The monoisotopic (exact) mass is 237 g/mol. The topological polar surface area (TPSA) is 4.93 Å². The summed E-state index contributed by atoms with van der Waals surface area (Å²) in [4.78, 5) is 0. The van der Waals surface area contributed by atoms with Crippen molar-refractivity contribution in [1.82, 2.24) is 4.57 Å². The highest BCUT2D eigenvalue weighted by atomic mass is 19.1. The molecule has 1 nitrogen and oxygen atoms in total. The number of aryl methyl sites for hydroxylation is 1. The van der Waals surface area contributed by atoms with Crippen LogP contribution < -0.4 is 0 Å². The molecule has 2 aromatic carbocycles. The van der Waals surface area contributed by atoms with Crippen molar-refractivity contribution in [1.29, 1.82) is 0 Å². The minimum absolute atomic E-state index is 0.160. The van der Waals surface area contributed by atoms with Gasteiger partial charge in [-0.15, -0.1) is 0 Å². The van der Waals surface area contributed by atoms with E-state index in [0.717, 1.165) is 12.0 Å². The molecule has 0 fully saturated rings. The van der Waals surface area contributed by atoms with Crippen molar-refractivity contribution >= 4 is 10.9 Å². The Bertz CT molecular complexity index is 783. The van der Waals surface area contributed by atoms with Gasteiger partial charge in [-0.3, -0.25) is 0 Å². The molecule has 1 heterocycles. The van der Waals surface area contributed by atoms with Crippen LogP contribution in [0.4, 0.5) is 4.39 Å². The van der Waals surface area contributed by atoms with Crippen LogP contribution in [-0.4, -0.2) is 4.57 Å². The van der Waals surface area contributed by atoms with Crippen molar-refractivity contribution in [3.8, 4) is 11.3 Å². The van der Waals surface area contributed by atoms with Gasteiger partial charge in [0.1, 0.15) is 5.82 Å². The summed E-state index contributed by atoms with van der Waals surface area (Å²) in [6, 6.07) is 13.5. The van der Waals surface area contributed by atoms with Crippen molar-refractivity contribution < 1.29 is 4.39 Å². The third-order valence-corrected chi connectivity index (χ3v) is 3.91. The average Bonchev–Trinajstić information content (AvgIpc) is 2.87. The van der Waals surface area contributed by atoms with Crippen LogP contribution in [0.2, 0.25) is 0 Å². The van der Waals surface area contributed by atoms with Gasteiger partial charge in [0.15, 0.2) is 0 Å². The zero-order chi connectivity index (χ0) is 12.3. The summed E-state index contributed by atoms with van der Waals surface area (Å²) in [7, 11) is 2.06. The predicted molar refractivity (Wildman–Crippen MR) is 71.1 cm³/mol. The van der Waals surface area contributed by atoms with Gasteiger partial charge in [0, 0.05) is 29.9 Å². The second kappa shape index (κ2) is 3.22. The number of fused-ring (bicyclic) bond motifs is 5. The first-order valence-electron chi connectivity index (χ1n) is 6.11. The summed E-state index contributed by atoms with van der Waals surface area (Å²) >= 11 is 0. The van der Waals surface area contributed by atoms with Gasteiger partial charge in [0.2, 0.25) is 0 Å². The van der Waals surface area contributed by atoms with E-state index in [1.165, 1.54) is 27.7 Å². The molecule has 0 radical (unpaired) electrons. The molecule has 0 amide bonds. The van der Waals surface area contributed by atoms with Gasteiger partial charge in [-0.05, 0) is 29.3 Å². The average molecular weight is 237 g/mol. The van der Waals surface area contributed by atoms with Crippen molar-refractivity contribution in [3.05, 3.63) is 59.4 Å². The number of halogens is 1. The number of hydrogen-bond donors (Lipinski definition) is 0. The third-order valence-electron chi connectivity index (χ3n) is 3.91. The van der Waals surface area contributed by atoms with E-state index in [9.17, 15) is 4.39 Å². The quantitative estimate of drug-likeness (QED) is 0.437. The normalized spacial score (nSPS) is 12.8. The van der Waals surface area contributed by atoms with Crippen LogP contribution in [0.1, 0.15) is 11.1 Å². The molecule has 0 spiro atoms. The zero-order valence-electron chi connectivity index (χ0n) is 10.1. The Morgan fingerprint density at radius 3 is 2.83 bits per heavy atom. The van der Waals surface area contributed by atoms with Crippen LogP contribution in [0.25, 0.3) is 22.2 Å². The first-order chi connectivity index (χ1) is 8.75. The van der Waals surface area contributed by atoms with Gasteiger partial charge >= 0.3 is 0 Å². The molecule has 0 bridgehead atoms. The highest BCUT2D eigenvalue weighted by Gasteiger charge is 2.25. The van der Waals surface area contributed by atoms with Crippen molar-refractivity contribution in [3.63, 3.8) is 0 Å². The number of nitrogens with zero attached hydrogens (tertiary/aromatic N) is 1. The molecule has 2 heteroatoms. The molecule has 0 unspecified atom stereocenters. The second-order valence-electron chi connectivity index (χ2n) is 4.88. The lowest BCUT2D eigenvalue weighted by Crippen LogP contribution is -1.91. The Kier molecular flexibility index (Phi) is 1.77. The third kappa shape index (κ3) is 1.10. The van der Waals surface area contributed by atoms with E-state index >= 15 is 0 Å². The van der Waals surface area contributed by atoms with Gasteiger partial charge in [-0.25, -0.2) is 4.39 Å². The smallest absolute Gasteiger partial charge is 0.123 e.